The summed E-state index contributed by atoms with van der Waals surface area (Å²) in [6.07, 6.45) is 1.92. The second-order valence-corrected chi connectivity index (χ2v) is 10.0. The number of ether oxygens (including phenoxy) is 1. The van der Waals surface area contributed by atoms with Crippen molar-refractivity contribution in [2.45, 2.75) is 31.6 Å². The van der Waals surface area contributed by atoms with Crippen molar-refractivity contribution in [3.8, 4) is 0 Å². The molecule has 1 saturated heterocycles. The zero-order valence-electron chi connectivity index (χ0n) is 19.2. The van der Waals surface area contributed by atoms with Crippen molar-refractivity contribution >= 4 is 33.5 Å². The molecule has 180 valence electrons. The van der Waals surface area contributed by atoms with Gasteiger partial charge in [0.2, 0.25) is 10.0 Å². The van der Waals surface area contributed by atoms with Crippen LogP contribution in [0.3, 0.4) is 0 Å². The molecule has 2 amide bonds. The number of hydrogen-bond donors (Lipinski definition) is 0. The molecular formula is C24H27N3O6S. The minimum absolute atomic E-state index is 0.00757. The van der Waals surface area contributed by atoms with E-state index in [0.29, 0.717) is 18.8 Å². The van der Waals surface area contributed by atoms with Gasteiger partial charge in [0.25, 0.3) is 11.8 Å². The number of carbonyl (C=O) groups excluding carboxylic acids is 3. The molecule has 2 aliphatic heterocycles. The fourth-order valence-corrected chi connectivity index (χ4v) is 5.83. The third kappa shape index (κ3) is 4.19. The lowest BCUT2D eigenvalue weighted by Gasteiger charge is -2.23. The molecule has 2 aromatic rings. The Morgan fingerprint density at radius 3 is 2.12 bits per heavy atom. The molecule has 0 radical (unpaired) electrons. The number of nitrogens with zero attached hydrogens (tertiary/aromatic N) is 3. The van der Waals surface area contributed by atoms with Gasteiger partial charge in [-0.1, -0.05) is 26.0 Å². The number of rotatable bonds is 8. The number of fused-ring (bicyclic) bond motifs is 1. The Bertz CT molecular complexity index is 1200. The lowest BCUT2D eigenvalue weighted by Crippen LogP contribution is -2.34. The fraction of sp³-hybridized carbons (Fsp3) is 0.375. The molecule has 0 bridgehead atoms. The van der Waals surface area contributed by atoms with Gasteiger partial charge >= 0.3 is 5.97 Å². The summed E-state index contributed by atoms with van der Waals surface area (Å²) in [5, 5.41) is 0. The number of sulfonamides is 1. The average Bonchev–Trinajstić information content (AvgIpc) is 3.46. The molecule has 0 N–H and O–H groups in total. The molecule has 0 aliphatic carbocycles. The molecule has 0 spiro atoms. The summed E-state index contributed by atoms with van der Waals surface area (Å²) < 4.78 is 32.8. The Kier molecular flexibility index (Phi) is 6.72. The van der Waals surface area contributed by atoms with Crippen LogP contribution in [0, 0.1) is 0 Å². The Labute approximate surface area is 198 Å². The first-order valence-electron chi connectivity index (χ1n) is 11.3. The average molecular weight is 486 g/mol. The molecule has 34 heavy (non-hydrogen) atoms. The normalized spacial score (nSPS) is 15.9. The van der Waals surface area contributed by atoms with Gasteiger partial charge in [0, 0.05) is 26.2 Å². The van der Waals surface area contributed by atoms with Crippen molar-refractivity contribution in [1.29, 1.82) is 0 Å². The van der Waals surface area contributed by atoms with Crippen LogP contribution in [-0.4, -0.2) is 68.3 Å². The van der Waals surface area contributed by atoms with Gasteiger partial charge in [-0.25, -0.2) is 18.1 Å². The van der Waals surface area contributed by atoms with E-state index in [9.17, 15) is 22.8 Å². The Morgan fingerprint density at radius 1 is 0.971 bits per heavy atom. The third-order valence-corrected chi connectivity index (χ3v) is 8.23. The largest absolute Gasteiger partial charge is 0.440 e. The molecule has 10 heteroatoms. The third-order valence-electron chi connectivity index (χ3n) is 6.18. The second-order valence-electron chi connectivity index (χ2n) is 8.11. The van der Waals surface area contributed by atoms with Crippen LogP contribution in [-0.2, 0) is 14.8 Å². The van der Waals surface area contributed by atoms with Gasteiger partial charge in [0.1, 0.15) is 0 Å². The smallest absolute Gasteiger partial charge is 0.342 e. The van der Waals surface area contributed by atoms with Crippen LogP contribution in [0.25, 0.3) is 0 Å². The monoisotopic (exact) mass is 485 g/mol. The summed E-state index contributed by atoms with van der Waals surface area (Å²) in [6.45, 7) is 5.01. The summed E-state index contributed by atoms with van der Waals surface area (Å²) in [5.74, 6) is -1.87. The van der Waals surface area contributed by atoms with E-state index in [2.05, 4.69) is 0 Å². The highest BCUT2D eigenvalue weighted by Crippen LogP contribution is 2.30. The van der Waals surface area contributed by atoms with Crippen LogP contribution in [0.2, 0.25) is 0 Å². The van der Waals surface area contributed by atoms with Crippen molar-refractivity contribution in [3.63, 3.8) is 0 Å². The van der Waals surface area contributed by atoms with E-state index in [1.54, 1.807) is 44.2 Å². The lowest BCUT2D eigenvalue weighted by molar-refractivity contribution is 0.0228. The number of hydrogen-bond acceptors (Lipinski definition) is 7. The van der Waals surface area contributed by atoms with Gasteiger partial charge in [-0.2, -0.15) is 4.31 Å². The first kappa shape index (κ1) is 23.9. The Morgan fingerprint density at radius 2 is 1.56 bits per heavy atom. The number of amides is 2. The standard InChI is InChI=1S/C24H27N3O6S/c1-3-26(4-2)34(31,32)17-11-12-21(25-13-7-8-14-25)20(15-17)24(30)33-16-27-22(28)18-9-5-6-10-19(18)23(27)29/h5-6,9-12,15H,3-4,7-8,13-14,16H2,1-2H3. The molecule has 9 nitrogen and oxygen atoms in total. The van der Waals surface area contributed by atoms with Crippen molar-refractivity contribution in [2.24, 2.45) is 0 Å². The highest BCUT2D eigenvalue weighted by Gasteiger charge is 2.36. The molecule has 0 unspecified atom stereocenters. The number of anilines is 1. The minimum atomic E-state index is -3.79. The van der Waals surface area contributed by atoms with E-state index in [4.69, 9.17) is 4.74 Å². The van der Waals surface area contributed by atoms with E-state index in [-0.39, 0.29) is 21.6 Å². The van der Waals surface area contributed by atoms with Gasteiger partial charge < -0.3 is 9.64 Å². The molecule has 0 atom stereocenters. The first-order valence-corrected chi connectivity index (χ1v) is 12.7. The van der Waals surface area contributed by atoms with Gasteiger partial charge in [-0.15, -0.1) is 0 Å². The van der Waals surface area contributed by atoms with E-state index < -0.39 is 34.5 Å². The molecule has 2 aliphatic rings. The van der Waals surface area contributed by atoms with Crippen molar-refractivity contribution < 1.29 is 27.5 Å². The maximum Gasteiger partial charge on any atom is 0.342 e. The van der Waals surface area contributed by atoms with Gasteiger partial charge in [0.15, 0.2) is 6.73 Å². The van der Waals surface area contributed by atoms with Crippen LogP contribution < -0.4 is 4.90 Å². The molecule has 4 rings (SSSR count). The number of benzene rings is 2. The van der Waals surface area contributed by atoms with Gasteiger partial charge in [0.05, 0.1) is 27.3 Å². The zero-order chi connectivity index (χ0) is 24.5. The highest BCUT2D eigenvalue weighted by atomic mass is 32.2. The summed E-state index contributed by atoms with van der Waals surface area (Å²) in [4.78, 5) is 41.2. The van der Waals surface area contributed by atoms with Crippen molar-refractivity contribution in [3.05, 3.63) is 59.2 Å². The molecule has 0 saturated carbocycles. The van der Waals surface area contributed by atoms with E-state index in [1.165, 1.54) is 16.4 Å². The van der Waals surface area contributed by atoms with Crippen LogP contribution in [0.1, 0.15) is 57.8 Å². The summed E-state index contributed by atoms with van der Waals surface area (Å²) in [7, 11) is -3.79. The second kappa shape index (κ2) is 9.55. The van der Waals surface area contributed by atoms with Gasteiger partial charge in [-0.3, -0.25) is 9.59 Å². The molecule has 1 fully saturated rings. The molecule has 2 heterocycles. The maximum atomic E-state index is 13.1. The van der Waals surface area contributed by atoms with Gasteiger partial charge in [-0.05, 0) is 43.2 Å². The summed E-state index contributed by atoms with van der Waals surface area (Å²) >= 11 is 0. The van der Waals surface area contributed by atoms with E-state index >= 15 is 0 Å². The minimum Gasteiger partial charge on any atom is -0.440 e. The number of carbonyl (C=O) groups is 3. The summed E-state index contributed by atoms with van der Waals surface area (Å²) in [5.41, 5.74) is 1.18. The van der Waals surface area contributed by atoms with Crippen molar-refractivity contribution in [2.75, 3.05) is 37.8 Å². The maximum absolute atomic E-state index is 13.1. The predicted molar refractivity (Wildman–Crippen MR) is 125 cm³/mol. The fourth-order valence-electron chi connectivity index (χ4n) is 4.34. The first-order chi connectivity index (χ1) is 16.3. The Balaban J connectivity index is 1.62. The van der Waals surface area contributed by atoms with Crippen LogP contribution in [0.4, 0.5) is 5.69 Å². The highest BCUT2D eigenvalue weighted by molar-refractivity contribution is 7.89. The number of esters is 1. The van der Waals surface area contributed by atoms with Crippen LogP contribution >= 0.6 is 0 Å². The summed E-state index contributed by atoms with van der Waals surface area (Å²) in [6, 6.07) is 10.9. The van der Waals surface area contributed by atoms with Crippen molar-refractivity contribution in [1.82, 2.24) is 9.21 Å². The van der Waals surface area contributed by atoms with Crippen LogP contribution in [0.15, 0.2) is 47.4 Å². The Hall–Kier alpha value is -3.24. The quantitative estimate of drug-likeness (QED) is 0.418. The topological polar surface area (TPSA) is 104 Å². The SMILES string of the molecule is CCN(CC)S(=O)(=O)c1ccc(N2CCCC2)c(C(=O)OCN2C(=O)c3ccccc3C2=O)c1. The molecule has 0 aromatic heterocycles. The number of imide groups is 1. The van der Waals surface area contributed by atoms with E-state index in [1.807, 2.05) is 4.90 Å². The lowest BCUT2D eigenvalue weighted by atomic mass is 10.1. The van der Waals surface area contributed by atoms with E-state index in [0.717, 1.165) is 30.8 Å². The zero-order valence-corrected chi connectivity index (χ0v) is 20.0. The molecular weight excluding hydrogens is 458 g/mol. The van der Waals surface area contributed by atoms with Crippen LogP contribution in [0.5, 0.6) is 0 Å². The predicted octanol–water partition coefficient (Wildman–Crippen LogP) is 2.73. The molecule has 2 aromatic carbocycles.